The second-order valence-electron chi connectivity index (χ2n) is 2.54. The summed E-state index contributed by atoms with van der Waals surface area (Å²) in [6, 6.07) is -0.967. The molecular weight excluding hydrogens is 188 g/mol. The van der Waals surface area contributed by atoms with Gasteiger partial charge in [-0.2, -0.15) is 0 Å². The van der Waals surface area contributed by atoms with Crippen molar-refractivity contribution in [3.05, 3.63) is 12.8 Å². The Morgan fingerprint density at radius 3 is 2.71 bits per heavy atom. The normalized spacial score (nSPS) is 11.5. The summed E-state index contributed by atoms with van der Waals surface area (Å²) in [5.74, 6) is -1.11. The van der Waals surface area contributed by atoms with E-state index in [0.29, 0.717) is 13.0 Å². The van der Waals surface area contributed by atoms with Crippen LogP contribution in [0, 0.1) is 0 Å². The average Bonchev–Trinajstić information content (AvgIpc) is 2.12. The van der Waals surface area contributed by atoms with Gasteiger partial charge in [0.05, 0.1) is 6.26 Å². The van der Waals surface area contributed by atoms with Gasteiger partial charge in [-0.25, -0.2) is 9.59 Å². The lowest BCUT2D eigenvalue weighted by Gasteiger charge is -2.12. The van der Waals surface area contributed by atoms with Gasteiger partial charge in [0, 0.05) is 0 Å². The standard InChI is InChI=1S/C8H14N2O4/c1-2-14-8(13)10-6(7(11)12)4-3-5-9/h2,6H,1,3-5,9H2,(H,10,13)(H,11,12). The van der Waals surface area contributed by atoms with Gasteiger partial charge in [-0.3, -0.25) is 0 Å². The Hall–Kier alpha value is -1.56. The minimum Gasteiger partial charge on any atom is -0.480 e. The number of nitrogens with one attached hydrogen (secondary N) is 1. The molecule has 0 bridgehead atoms. The van der Waals surface area contributed by atoms with Crippen molar-refractivity contribution in [3.63, 3.8) is 0 Å². The van der Waals surface area contributed by atoms with Crippen LogP contribution in [0.25, 0.3) is 0 Å². The van der Waals surface area contributed by atoms with Crippen molar-refractivity contribution in [1.82, 2.24) is 5.32 Å². The van der Waals surface area contributed by atoms with E-state index < -0.39 is 18.1 Å². The SMILES string of the molecule is C=COC(=O)NC(CCCN)C(=O)O. The summed E-state index contributed by atoms with van der Waals surface area (Å²) in [6.45, 7) is 3.54. The molecule has 0 rings (SSSR count). The molecule has 0 fully saturated rings. The number of carbonyl (C=O) groups excluding carboxylic acids is 1. The molecule has 0 aromatic carbocycles. The third-order valence-corrected chi connectivity index (χ3v) is 1.48. The minimum atomic E-state index is -1.11. The van der Waals surface area contributed by atoms with Gasteiger partial charge in [0.25, 0.3) is 0 Å². The van der Waals surface area contributed by atoms with E-state index in [4.69, 9.17) is 10.8 Å². The van der Waals surface area contributed by atoms with Crippen molar-refractivity contribution in [3.8, 4) is 0 Å². The third kappa shape index (κ3) is 5.15. The molecule has 0 aliphatic heterocycles. The first-order valence-electron chi connectivity index (χ1n) is 4.12. The number of amides is 1. The summed E-state index contributed by atoms with van der Waals surface area (Å²) in [5.41, 5.74) is 5.21. The second kappa shape index (κ2) is 6.90. The molecule has 0 aromatic rings. The molecule has 0 saturated heterocycles. The predicted octanol–water partition coefficient (Wildman–Crippen LogP) is 0.0482. The van der Waals surface area contributed by atoms with Gasteiger partial charge in [-0.15, -0.1) is 0 Å². The number of aliphatic carboxylic acids is 1. The molecule has 0 spiro atoms. The van der Waals surface area contributed by atoms with Crippen LogP contribution in [0.15, 0.2) is 12.8 Å². The Kier molecular flexibility index (Phi) is 6.13. The van der Waals surface area contributed by atoms with Crippen LogP contribution < -0.4 is 11.1 Å². The zero-order valence-corrected chi connectivity index (χ0v) is 7.73. The van der Waals surface area contributed by atoms with Crippen molar-refractivity contribution >= 4 is 12.1 Å². The first-order valence-corrected chi connectivity index (χ1v) is 4.12. The fraction of sp³-hybridized carbons (Fsp3) is 0.500. The number of nitrogens with two attached hydrogens (primary N) is 1. The fourth-order valence-corrected chi connectivity index (χ4v) is 0.831. The average molecular weight is 202 g/mol. The molecular formula is C8H14N2O4. The summed E-state index contributed by atoms with van der Waals surface area (Å²) in [7, 11) is 0. The molecule has 14 heavy (non-hydrogen) atoms. The number of carboxylic acids is 1. The Morgan fingerprint density at radius 2 is 2.29 bits per heavy atom. The van der Waals surface area contributed by atoms with E-state index in [1.807, 2.05) is 0 Å². The van der Waals surface area contributed by atoms with E-state index in [1.165, 1.54) is 0 Å². The number of carboxylic acid groups (broad SMARTS) is 1. The summed E-state index contributed by atoms with van der Waals surface area (Å²) < 4.78 is 4.32. The Morgan fingerprint density at radius 1 is 1.64 bits per heavy atom. The lowest BCUT2D eigenvalue weighted by molar-refractivity contribution is -0.139. The van der Waals surface area contributed by atoms with Crippen LogP contribution >= 0.6 is 0 Å². The van der Waals surface area contributed by atoms with Gasteiger partial charge in [-0.1, -0.05) is 6.58 Å². The van der Waals surface area contributed by atoms with E-state index in [2.05, 4.69) is 16.6 Å². The molecule has 0 aromatic heterocycles. The second-order valence-corrected chi connectivity index (χ2v) is 2.54. The van der Waals surface area contributed by atoms with Crippen molar-refractivity contribution in [2.75, 3.05) is 6.54 Å². The monoisotopic (exact) mass is 202 g/mol. The number of ether oxygens (including phenoxy) is 1. The Balaban J connectivity index is 4.01. The van der Waals surface area contributed by atoms with E-state index in [9.17, 15) is 9.59 Å². The maximum atomic E-state index is 10.8. The molecule has 6 heteroatoms. The van der Waals surface area contributed by atoms with Crippen LogP contribution in [0.1, 0.15) is 12.8 Å². The minimum absolute atomic E-state index is 0.276. The number of alkyl carbamates (subject to hydrolysis) is 1. The molecule has 0 aliphatic carbocycles. The summed E-state index contributed by atoms with van der Waals surface area (Å²) in [5, 5.41) is 10.8. The van der Waals surface area contributed by atoms with Crippen molar-refractivity contribution in [2.45, 2.75) is 18.9 Å². The van der Waals surface area contributed by atoms with Crippen LogP contribution in [0.5, 0.6) is 0 Å². The first-order chi connectivity index (χ1) is 6.61. The summed E-state index contributed by atoms with van der Waals surface area (Å²) >= 11 is 0. The smallest absolute Gasteiger partial charge is 0.412 e. The maximum Gasteiger partial charge on any atom is 0.412 e. The number of hydrogen-bond acceptors (Lipinski definition) is 4. The zero-order chi connectivity index (χ0) is 11.0. The molecule has 1 unspecified atom stereocenters. The number of rotatable bonds is 6. The van der Waals surface area contributed by atoms with Crippen LogP contribution in [0.4, 0.5) is 4.79 Å². The van der Waals surface area contributed by atoms with E-state index in [-0.39, 0.29) is 6.42 Å². The molecule has 0 heterocycles. The molecule has 1 atom stereocenters. The molecule has 4 N–H and O–H groups in total. The first kappa shape index (κ1) is 12.4. The lowest BCUT2D eigenvalue weighted by Crippen LogP contribution is -2.40. The third-order valence-electron chi connectivity index (χ3n) is 1.48. The molecule has 0 radical (unpaired) electrons. The van der Waals surface area contributed by atoms with Gasteiger partial charge in [0.15, 0.2) is 0 Å². The highest BCUT2D eigenvalue weighted by Crippen LogP contribution is 1.97. The highest BCUT2D eigenvalue weighted by molar-refractivity contribution is 5.79. The van der Waals surface area contributed by atoms with Crippen molar-refractivity contribution < 1.29 is 19.4 Å². The highest BCUT2D eigenvalue weighted by atomic mass is 16.5. The molecule has 6 nitrogen and oxygen atoms in total. The van der Waals surface area contributed by atoms with E-state index in [1.54, 1.807) is 0 Å². The predicted molar refractivity (Wildman–Crippen MR) is 49.5 cm³/mol. The zero-order valence-electron chi connectivity index (χ0n) is 7.73. The molecule has 80 valence electrons. The quantitative estimate of drug-likeness (QED) is 0.528. The number of hydrogen-bond donors (Lipinski definition) is 3. The Bertz CT molecular complexity index is 217. The molecule has 0 saturated carbocycles. The maximum absolute atomic E-state index is 10.8. The fourth-order valence-electron chi connectivity index (χ4n) is 0.831. The van der Waals surface area contributed by atoms with Crippen LogP contribution in [-0.4, -0.2) is 29.8 Å². The molecule has 0 aliphatic rings. The summed E-state index contributed by atoms with van der Waals surface area (Å²) in [4.78, 5) is 21.4. The topological polar surface area (TPSA) is 102 Å². The largest absolute Gasteiger partial charge is 0.480 e. The van der Waals surface area contributed by atoms with Gasteiger partial charge in [0.1, 0.15) is 6.04 Å². The lowest BCUT2D eigenvalue weighted by atomic mass is 10.1. The van der Waals surface area contributed by atoms with E-state index in [0.717, 1.165) is 6.26 Å². The molecule has 1 amide bonds. The van der Waals surface area contributed by atoms with Crippen LogP contribution in [-0.2, 0) is 9.53 Å². The van der Waals surface area contributed by atoms with Gasteiger partial charge >= 0.3 is 12.1 Å². The van der Waals surface area contributed by atoms with Crippen molar-refractivity contribution in [2.24, 2.45) is 5.73 Å². The van der Waals surface area contributed by atoms with Crippen molar-refractivity contribution in [1.29, 1.82) is 0 Å². The van der Waals surface area contributed by atoms with Gasteiger partial charge in [0.2, 0.25) is 0 Å². The Labute approximate surface area is 81.7 Å². The van der Waals surface area contributed by atoms with E-state index >= 15 is 0 Å². The van der Waals surface area contributed by atoms with Gasteiger partial charge in [-0.05, 0) is 19.4 Å². The van der Waals surface area contributed by atoms with Crippen LogP contribution in [0.3, 0.4) is 0 Å². The van der Waals surface area contributed by atoms with Crippen LogP contribution in [0.2, 0.25) is 0 Å². The highest BCUT2D eigenvalue weighted by Gasteiger charge is 2.19. The summed E-state index contributed by atoms with van der Waals surface area (Å²) in [6.07, 6.45) is 0.894. The van der Waals surface area contributed by atoms with Gasteiger partial charge < -0.3 is 20.9 Å². The number of carbonyl (C=O) groups is 2.